The summed E-state index contributed by atoms with van der Waals surface area (Å²) in [5.41, 5.74) is 1.61. The van der Waals surface area contributed by atoms with E-state index in [4.69, 9.17) is 5.32 Å². The van der Waals surface area contributed by atoms with Gasteiger partial charge in [0.05, 0.1) is 0 Å². The molecule has 0 amide bonds. The van der Waals surface area contributed by atoms with E-state index in [9.17, 15) is 0 Å². The second-order valence-electron chi connectivity index (χ2n) is 7.43. The zero-order valence-electron chi connectivity index (χ0n) is 15.0. The Bertz CT molecular complexity index is 408. The summed E-state index contributed by atoms with van der Waals surface area (Å²) >= 11 is 0. The quantitative estimate of drug-likeness (QED) is 0.733. The predicted octanol–water partition coefficient (Wildman–Crippen LogP) is 0.399. The van der Waals surface area contributed by atoms with E-state index in [0.717, 1.165) is 26.2 Å². The first-order valence-corrected chi connectivity index (χ1v) is 8.06. The van der Waals surface area contributed by atoms with Crippen LogP contribution in [0, 0.1) is 5.41 Å². The van der Waals surface area contributed by atoms with Crippen LogP contribution in [0.25, 0.3) is 5.32 Å². The normalized spacial score (nSPS) is 18.7. The van der Waals surface area contributed by atoms with E-state index in [-0.39, 0.29) is 24.3 Å². The molecule has 0 radical (unpaired) electrons. The van der Waals surface area contributed by atoms with E-state index in [0.29, 0.717) is 6.04 Å². The van der Waals surface area contributed by atoms with E-state index < -0.39 is 0 Å². The number of hydrogen-bond donors (Lipinski definition) is 0. The van der Waals surface area contributed by atoms with Crippen molar-refractivity contribution in [1.82, 2.24) is 9.80 Å². The summed E-state index contributed by atoms with van der Waals surface area (Å²) in [5.74, 6) is 0. The van der Waals surface area contributed by atoms with Crippen LogP contribution < -0.4 is 18.9 Å². The van der Waals surface area contributed by atoms with Crippen LogP contribution in [0.1, 0.15) is 32.4 Å². The molecule has 0 bridgehead atoms. The number of hydrogen-bond acceptors (Lipinski definition) is 2. The van der Waals surface area contributed by atoms with Gasteiger partial charge in [-0.25, -0.2) is 0 Å². The smallest absolute Gasteiger partial charge is 0.654 e. The van der Waals surface area contributed by atoms with Crippen LogP contribution >= 0.6 is 0 Å². The van der Waals surface area contributed by atoms with Crippen molar-refractivity contribution in [2.24, 2.45) is 5.41 Å². The van der Waals surface area contributed by atoms with Crippen LogP contribution in [0.3, 0.4) is 0 Å². The maximum atomic E-state index is 5.02. The van der Waals surface area contributed by atoms with Crippen LogP contribution in [0.15, 0.2) is 30.3 Å². The van der Waals surface area contributed by atoms with Gasteiger partial charge in [0.2, 0.25) is 0 Å². The molecular weight excluding hydrogens is 265 g/mol. The molecule has 22 heavy (non-hydrogen) atoms. The Morgan fingerprint density at radius 3 is 2.18 bits per heavy atom. The maximum Gasteiger partial charge on any atom is 1.00 e. The summed E-state index contributed by atoms with van der Waals surface area (Å²) in [5, 5.41) is 5.02. The van der Waals surface area contributed by atoms with Crippen molar-refractivity contribution in [1.29, 1.82) is 0 Å². The zero-order valence-corrected chi connectivity index (χ0v) is 15.0. The molecule has 1 aromatic carbocycles. The standard InChI is InChI=1S/C18H30N3.Li/c1-18(2,3)15-19-17(16-8-6-5-7-9-16)14-21-12-10-20(4)11-13-21;/h5-9,17H,10-15H2,1-4H3;/q-1;+1/t17-;/m1./s1. The van der Waals surface area contributed by atoms with Crippen molar-refractivity contribution in [2.45, 2.75) is 26.8 Å². The molecule has 0 aromatic heterocycles. The van der Waals surface area contributed by atoms with Gasteiger partial charge in [0.1, 0.15) is 0 Å². The summed E-state index contributed by atoms with van der Waals surface area (Å²) in [4.78, 5) is 4.96. The second-order valence-corrected chi connectivity index (χ2v) is 7.43. The molecule has 0 spiro atoms. The third-order valence-electron chi connectivity index (χ3n) is 4.00. The molecule has 1 saturated heterocycles. The minimum absolute atomic E-state index is 0. The molecule has 4 heteroatoms. The van der Waals surface area contributed by atoms with Gasteiger partial charge in [-0.3, -0.25) is 0 Å². The van der Waals surface area contributed by atoms with Crippen molar-refractivity contribution in [3.8, 4) is 0 Å². The molecule has 0 saturated carbocycles. The van der Waals surface area contributed by atoms with Crippen molar-refractivity contribution in [3.63, 3.8) is 0 Å². The van der Waals surface area contributed by atoms with Gasteiger partial charge in [-0.1, -0.05) is 68.1 Å². The first kappa shape index (κ1) is 19.7. The van der Waals surface area contributed by atoms with Gasteiger partial charge in [-0.15, -0.1) is 6.54 Å². The van der Waals surface area contributed by atoms with Gasteiger partial charge in [-0.05, 0) is 13.6 Å². The third-order valence-corrected chi connectivity index (χ3v) is 4.00. The van der Waals surface area contributed by atoms with Gasteiger partial charge in [0, 0.05) is 26.2 Å². The average Bonchev–Trinajstić information content (AvgIpc) is 2.45. The molecule has 0 unspecified atom stereocenters. The topological polar surface area (TPSA) is 20.6 Å². The van der Waals surface area contributed by atoms with E-state index in [1.165, 1.54) is 18.7 Å². The van der Waals surface area contributed by atoms with Crippen molar-refractivity contribution in [3.05, 3.63) is 41.2 Å². The monoisotopic (exact) mass is 295 g/mol. The SMILES string of the molecule is CN1CCN(C[C@@H]([N-]CC(C)(C)C)c2ccccc2)CC1.[Li+]. The Balaban J connectivity index is 0.00000242. The minimum Gasteiger partial charge on any atom is -0.654 e. The van der Waals surface area contributed by atoms with Gasteiger partial charge in [-0.2, -0.15) is 0 Å². The molecule has 118 valence electrons. The van der Waals surface area contributed by atoms with Crippen molar-refractivity contribution >= 4 is 0 Å². The Morgan fingerprint density at radius 1 is 1.05 bits per heavy atom. The summed E-state index contributed by atoms with van der Waals surface area (Å²) in [6.45, 7) is 13.4. The Hall–Kier alpha value is -0.303. The van der Waals surface area contributed by atoms with E-state index in [1.807, 2.05) is 0 Å². The molecule has 0 N–H and O–H groups in total. The van der Waals surface area contributed by atoms with Gasteiger partial charge in [0.25, 0.3) is 0 Å². The largest absolute Gasteiger partial charge is 1.00 e. The first-order chi connectivity index (χ1) is 9.94. The molecule has 0 aliphatic carbocycles. The number of likely N-dealkylation sites (N-methyl/N-ethyl adjacent to an activating group) is 1. The average molecular weight is 295 g/mol. The Labute approximate surface area is 148 Å². The molecule has 1 fully saturated rings. The number of nitrogens with zero attached hydrogens (tertiary/aromatic N) is 3. The second kappa shape index (κ2) is 9.11. The molecule has 1 aliphatic rings. The van der Waals surface area contributed by atoms with Crippen molar-refractivity contribution < 1.29 is 18.9 Å². The fourth-order valence-electron chi connectivity index (χ4n) is 2.60. The Morgan fingerprint density at radius 2 is 1.64 bits per heavy atom. The van der Waals surface area contributed by atoms with Crippen molar-refractivity contribution in [2.75, 3.05) is 46.3 Å². The zero-order chi connectivity index (χ0) is 15.3. The molecule has 2 rings (SSSR count). The maximum absolute atomic E-state index is 5.02. The number of piperazine rings is 1. The minimum atomic E-state index is 0. The molecular formula is C18H30LiN3. The molecule has 1 atom stereocenters. The summed E-state index contributed by atoms with van der Waals surface area (Å²) in [7, 11) is 2.20. The van der Waals surface area contributed by atoms with Crippen LogP contribution in [0.4, 0.5) is 0 Å². The summed E-state index contributed by atoms with van der Waals surface area (Å²) in [6.07, 6.45) is 0. The van der Waals surface area contributed by atoms with E-state index in [2.05, 4.69) is 68.0 Å². The Kier molecular flexibility index (Phi) is 8.17. The fourth-order valence-corrected chi connectivity index (χ4v) is 2.60. The molecule has 1 aromatic rings. The van der Waals surface area contributed by atoms with Gasteiger partial charge >= 0.3 is 18.9 Å². The third kappa shape index (κ3) is 6.85. The van der Waals surface area contributed by atoms with Gasteiger partial charge < -0.3 is 15.1 Å². The molecule has 1 heterocycles. The summed E-state index contributed by atoms with van der Waals surface area (Å²) in [6, 6.07) is 11.1. The van der Waals surface area contributed by atoms with Gasteiger partial charge in [0.15, 0.2) is 0 Å². The number of benzene rings is 1. The predicted molar refractivity (Wildman–Crippen MR) is 90.8 cm³/mol. The fraction of sp³-hybridized carbons (Fsp3) is 0.667. The van der Waals surface area contributed by atoms with Crippen LogP contribution in [0.5, 0.6) is 0 Å². The first-order valence-electron chi connectivity index (χ1n) is 8.06. The number of rotatable bonds is 5. The van der Waals surface area contributed by atoms with Crippen LogP contribution in [0.2, 0.25) is 0 Å². The van der Waals surface area contributed by atoms with Crippen LogP contribution in [-0.2, 0) is 0 Å². The van der Waals surface area contributed by atoms with Crippen LogP contribution in [-0.4, -0.2) is 56.1 Å². The molecule has 3 nitrogen and oxygen atoms in total. The van der Waals surface area contributed by atoms with E-state index in [1.54, 1.807) is 0 Å². The summed E-state index contributed by atoms with van der Waals surface area (Å²) < 4.78 is 0. The van der Waals surface area contributed by atoms with E-state index >= 15 is 0 Å². The molecule has 1 aliphatic heterocycles.